The molecule has 0 atom stereocenters. The molecule has 1 aromatic rings. The Balaban J connectivity index is 2.66. The number of Topliss-reactive ketones (excluding diaryl/α,β-unsaturated/α-hetero) is 1. The summed E-state index contributed by atoms with van der Waals surface area (Å²) in [5.74, 6) is -0.357. The predicted molar refractivity (Wildman–Crippen MR) is 54.5 cm³/mol. The molecule has 15 heavy (non-hydrogen) atoms. The van der Waals surface area contributed by atoms with Gasteiger partial charge in [-0.3, -0.25) is 9.36 Å². The van der Waals surface area contributed by atoms with E-state index < -0.39 is 5.69 Å². The van der Waals surface area contributed by atoms with Crippen LogP contribution in [0.2, 0.25) is 0 Å². The van der Waals surface area contributed by atoms with Crippen LogP contribution in [-0.4, -0.2) is 21.2 Å². The molecule has 0 saturated heterocycles. The van der Waals surface area contributed by atoms with Gasteiger partial charge in [-0.05, 0) is 13.8 Å². The van der Waals surface area contributed by atoms with Gasteiger partial charge in [-0.1, -0.05) is 0 Å². The fraction of sp³-hybridized carbons (Fsp3) is 0.333. The SMILES string of the molecule is CC(C)n1cc2c(nc1=O)N=C(N)C2=O. The summed E-state index contributed by atoms with van der Waals surface area (Å²) in [5.41, 5.74) is 5.23. The number of carbonyl (C=O) groups excluding carboxylic acids is 1. The molecule has 0 unspecified atom stereocenters. The van der Waals surface area contributed by atoms with E-state index in [0.717, 1.165) is 0 Å². The Bertz CT molecular complexity index is 527. The van der Waals surface area contributed by atoms with Gasteiger partial charge in [-0.25, -0.2) is 9.79 Å². The molecule has 1 aliphatic rings. The molecule has 0 spiro atoms. The maximum atomic E-state index is 11.5. The Morgan fingerprint density at radius 2 is 2.07 bits per heavy atom. The van der Waals surface area contributed by atoms with Crippen LogP contribution in [0.3, 0.4) is 0 Å². The third-order valence-corrected chi connectivity index (χ3v) is 2.19. The van der Waals surface area contributed by atoms with Crippen molar-refractivity contribution in [2.24, 2.45) is 10.7 Å². The maximum absolute atomic E-state index is 11.5. The number of aliphatic imine (C=N–C) groups is 1. The molecule has 1 aromatic heterocycles. The first-order chi connectivity index (χ1) is 7.00. The summed E-state index contributed by atoms with van der Waals surface area (Å²) in [5, 5.41) is 0. The number of hydrogen-bond donors (Lipinski definition) is 1. The molecular weight excluding hydrogens is 196 g/mol. The lowest BCUT2D eigenvalue weighted by Gasteiger charge is -2.08. The molecule has 6 nitrogen and oxygen atoms in total. The molecule has 0 saturated carbocycles. The molecule has 0 aromatic carbocycles. The van der Waals surface area contributed by atoms with Crippen molar-refractivity contribution in [2.75, 3.05) is 0 Å². The summed E-state index contributed by atoms with van der Waals surface area (Å²) < 4.78 is 1.38. The zero-order valence-electron chi connectivity index (χ0n) is 8.39. The normalized spacial score (nSPS) is 14.3. The van der Waals surface area contributed by atoms with Crippen LogP contribution in [0.4, 0.5) is 5.82 Å². The van der Waals surface area contributed by atoms with E-state index in [1.54, 1.807) is 0 Å². The molecule has 0 bridgehead atoms. The molecule has 2 heterocycles. The second-order valence-corrected chi connectivity index (χ2v) is 3.59. The minimum Gasteiger partial charge on any atom is -0.380 e. The highest BCUT2D eigenvalue weighted by molar-refractivity contribution is 6.48. The number of nitrogens with two attached hydrogens (primary N) is 1. The molecule has 0 radical (unpaired) electrons. The van der Waals surface area contributed by atoms with Gasteiger partial charge in [-0.15, -0.1) is 0 Å². The molecule has 78 valence electrons. The molecule has 1 aliphatic heterocycles. The fourth-order valence-corrected chi connectivity index (χ4v) is 1.38. The summed E-state index contributed by atoms with van der Waals surface area (Å²) in [4.78, 5) is 30.3. The van der Waals surface area contributed by atoms with Crippen molar-refractivity contribution < 1.29 is 4.79 Å². The molecule has 2 rings (SSSR count). The fourth-order valence-electron chi connectivity index (χ4n) is 1.38. The van der Waals surface area contributed by atoms with E-state index in [-0.39, 0.29) is 23.5 Å². The molecule has 6 heteroatoms. The van der Waals surface area contributed by atoms with Crippen molar-refractivity contribution >= 4 is 17.4 Å². The number of rotatable bonds is 1. The minimum atomic E-state index is -0.421. The highest BCUT2D eigenvalue weighted by atomic mass is 16.1. The minimum absolute atomic E-state index is 0.0510. The van der Waals surface area contributed by atoms with Gasteiger partial charge < -0.3 is 5.73 Å². The van der Waals surface area contributed by atoms with Gasteiger partial charge in [0.2, 0.25) is 5.78 Å². The third-order valence-electron chi connectivity index (χ3n) is 2.19. The number of ketones is 1. The van der Waals surface area contributed by atoms with Gasteiger partial charge in [0.1, 0.15) is 0 Å². The lowest BCUT2D eigenvalue weighted by atomic mass is 10.2. The number of carbonyl (C=O) groups is 1. The van der Waals surface area contributed by atoms with E-state index in [4.69, 9.17) is 5.73 Å². The predicted octanol–water partition coefficient (Wildman–Crippen LogP) is 0.00920. The Morgan fingerprint density at radius 1 is 1.40 bits per heavy atom. The van der Waals surface area contributed by atoms with Crippen LogP contribution in [0.25, 0.3) is 0 Å². The van der Waals surface area contributed by atoms with Crippen molar-refractivity contribution in [1.29, 1.82) is 0 Å². The van der Waals surface area contributed by atoms with E-state index in [9.17, 15) is 9.59 Å². The van der Waals surface area contributed by atoms with Crippen LogP contribution in [0.15, 0.2) is 16.0 Å². The quantitative estimate of drug-likeness (QED) is 0.700. The van der Waals surface area contributed by atoms with Crippen LogP contribution in [-0.2, 0) is 0 Å². The third kappa shape index (κ3) is 1.34. The van der Waals surface area contributed by atoms with Gasteiger partial charge in [0.15, 0.2) is 11.7 Å². The number of fused-ring (bicyclic) bond motifs is 1. The largest absolute Gasteiger partial charge is 0.380 e. The summed E-state index contributed by atoms with van der Waals surface area (Å²) in [6, 6.07) is -0.0510. The molecular formula is C9H10N4O2. The highest BCUT2D eigenvalue weighted by Gasteiger charge is 2.25. The van der Waals surface area contributed by atoms with Gasteiger partial charge in [0.05, 0.1) is 5.56 Å². The highest BCUT2D eigenvalue weighted by Crippen LogP contribution is 2.21. The van der Waals surface area contributed by atoms with Crippen molar-refractivity contribution in [1.82, 2.24) is 9.55 Å². The van der Waals surface area contributed by atoms with E-state index in [0.29, 0.717) is 5.56 Å². The van der Waals surface area contributed by atoms with Gasteiger partial charge in [-0.2, -0.15) is 4.98 Å². The van der Waals surface area contributed by atoms with Gasteiger partial charge in [0.25, 0.3) is 0 Å². The second-order valence-electron chi connectivity index (χ2n) is 3.59. The van der Waals surface area contributed by atoms with Crippen molar-refractivity contribution in [3.8, 4) is 0 Å². The number of aromatic nitrogens is 2. The Hall–Kier alpha value is -1.98. The van der Waals surface area contributed by atoms with Crippen LogP contribution < -0.4 is 11.4 Å². The Morgan fingerprint density at radius 3 is 2.67 bits per heavy atom. The van der Waals surface area contributed by atoms with E-state index in [1.807, 2.05) is 13.8 Å². The van der Waals surface area contributed by atoms with Gasteiger partial charge >= 0.3 is 5.69 Å². The first-order valence-corrected chi connectivity index (χ1v) is 4.52. The standard InChI is InChI=1S/C9H10N4O2/c1-4(2)13-3-5-6(14)7(10)11-8(5)12-9(13)15/h3-4H,1-2H3,(H2,10,11,12,15). The zero-order chi connectivity index (χ0) is 11.2. The Kier molecular flexibility index (Phi) is 1.92. The smallest absolute Gasteiger partial charge is 0.349 e. The monoisotopic (exact) mass is 206 g/mol. The van der Waals surface area contributed by atoms with Crippen LogP contribution >= 0.6 is 0 Å². The molecule has 2 N–H and O–H groups in total. The number of amidine groups is 1. The molecule has 0 fully saturated rings. The van der Waals surface area contributed by atoms with E-state index in [1.165, 1.54) is 10.8 Å². The van der Waals surface area contributed by atoms with Crippen LogP contribution in [0.1, 0.15) is 30.2 Å². The van der Waals surface area contributed by atoms with Crippen molar-refractivity contribution in [3.63, 3.8) is 0 Å². The summed E-state index contributed by atoms with van der Waals surface area (Å²) in [7, 11) is 0. The Labute approximate surface area is 85.5 Å². The first kappa shape index (κ1) is 9.57. The lowest BCUT2D eigenvalue weighted by Crippen LogP contribution is -2.26. The van der Waals surface area contributed by atoms with E-state index >= 15 is 0 Å². The average Bonchev–Trinajstić information content (AvgIpc) is 2.41. The van der Waals surface area contributed by atoms with Crippen molar-refractivity contribution in [3.05, 3.63) is 22.2 Å². The van der Waals surface area contributed by atoms with Gasteiger partial charge in [0, 0.05) is 12.2 Å². The summed E-state index contributed by atoms with van der Waals surface area (Å²) in [6.45, 7) is 3.66. The number of nitrogens with zero attached hydrogens (tertiary/aromatic N) is 3. The summed E-state index contributed by atoms with van der Waals surface area (Å²) in [6.07, 6.45) is 1.46. The van der Waals surface area contributed by atoms with Crippen LogP contribution in [0.5, 0.6) is 0 Å². The van der Waals surface area contributed by atoms with E-state index in [2.05, 4.69) is 9.98 Å². The zero-order valence-corrected chi connectivity index (χ0v) is 8.39. The topological polar surface area (TPSA) is 90.3 Å². The second kappa shape index (κ2) is 3.01. The maximum Gasteiger partial charge on any atom is 0.349 e. The average molecular weight is 206 g/mol. The molecule has 0 amide bonds. The van der Waals surface area contributed by atoms with Crippen molar-refractivity contribution in [2.45, 2.75) is 19.9 Å². The molecule has 0 aliphatic carbocycles. The number of hydrogen-bond acceptors (Lipinski definition) is 5. The van der Waals surface area contributed by atoms with Crippen LogP contribution in [0, 0.1) is 0 Å². The lowest BCUT2D eigenvalue weighted by molar-refractivity contribution is 0.106. The first-order valence-electron chi connectivity index (χ1n) is 4.52. The summed E-state index contributed by atoms with van der Waals surface area (Å²) >= 11 is 0.